The van der Waals surface area contributed by atoms with Gasteiger partial charge >= 0.3 is 12.1 Å². The molecule has 1 aliphatic heterocycles. The second-order valence-corrected chi connectivity index (χ2v) is 8.77. The van der Waals surface area contributed by atoms with Crippen molar-refractivity contribution in [2.75, 3.05) is 26.8 Å². The van der Waals surface area contributed by atoms with Crippen molar-refractivity contribution in [1.82, 2.24) is 10.2 Å². The van der Waals surface area contributed by atoms with Crippen LogP contribution in [0.25, 0.3) is 11.1 Å². The Kier molecular flexibility index (Phi) is 7.17. The Morgan fingerprint density at radius 2 is 1.68 bits per heavy atom. The number of aliphatic carboxylic acids is 1. The highest BCUT2D eigenvalue weighted by Gasteiger charge is 2.41. The Balaban J connectivity index is 1.40. The van der Waals surface area contributed by atoms with E-state index in [4.69, 9.17) is 9.47 Å². The number of ether oxygens (including phenoxy) is 2. The summed E-state index contributed by atoms with van der Waals surface area (Å²) in [6.45, 7) is 2.31. The van der Waals surface area contributed by atoms with Crippen LogP contribution in [0.15, 0.2) is 48.5 Å². The van der Waals surface area contributed by atoms with Gasteiger partial charge in [-0.2, -0.15) is 0 Å². The lowest BCUT2D eigenvalue weighted by Crippen LogP contribution is -2.48. The average Bonchev–Trinajstić information content (AvgIpc) is 3.42. The molecule has 2 amide bonds. The Morgan fingerprint density at radius 1 is 1.06 bits per heavy atom. The first-order valence-corrected chi connectivity index (χ1v) is 11.6. The molecule has 1 heterocycles. The van der Waals surface area contributed by atoms with Gasteiger partial charge < -0.3 is 24.8 Å². The Labute approximate surface area is 198 Å². The van der Waals surface area contributed by atoms with Crippen molar-refractivity contribution in [2.45, 2.75) is 37.8 Å². The summed E-state index contributed by atoms with van der Waals surface area (Å²) in [6.07, 6.45) is -0.136. The predicted octanol–water partition coefficient (Wildman–Crippen LogP) is 3.25. The second-order valence-electron chi connectivity index (χ2n) is 8.77. The van der Waals surface area contributed by atoms with Crippen molar-refractivity contribution < 1.29 is 29.0 Å². The maximum absolute atomic E-state index is 13.1. The van der Waals surface area contributed by atoms with Gasteiger partial charge in [0.05, 0.1) is 6.10 Å². The first kappa shape index (κ1) is 23.8. The van der Waals surface area contributed by atoms with Crippen molar-refractivity contribution in [1.29, 1.82) is 0 Å². The highest BCUT2D eigenvalue weighted by Crippen LogP contribution is 2.44. The molecule has 0 bridgehead atoms. The van der Waals surface area contributed by atoms with Gasteiger partial charge in [-0.25, -0.2) is 4.79 Å². The molecule has 180 valence electrons. The van der Waals surface area contributed by atoms with Crippen LogP contribution in [0.1, 0.15) is 36.8 Å². The van der Waals surface area contributed by atoms with Gasteiger partial charge in [-0.1, -0.05) is 61.9 Å². The van der Waals surface area contributed by atoms with Crippen molar-refractivity contribution in [3.8, 4) is 11.1 Å². The number of benzene rings is 2. The van der Waals surface area contributed by atoms with Gasteiger partial charge in [-0.3, -0.25) is 9.59 Å². The molecule has 8 nitrogen and oxygen atoms in total. The Hall–Kier alpha value is -3.39. The molecular formula is C26H30N2O6. The van der Waals surface area contributed by atoms with E-state index in [0.717, 1.165) is 22.3 Å². The van der Waals surface area contributed by atoms with Crippen LogP contribution in [0.5, 0.6) is 0 Å². The molecule has 3 atom stereocenters. The summed E-state index contributed by atoms with van der Waals surface area (Å²) in [7, 11) is 1.44. The molecule has 2 aliphatic rings. The van der Waals surface area contributed by atoms with E-state index in [9.17, 15) is 19.5 Å². The molecule has 4 rings (SSSR count). The zero-order chi connectivity index (χ0) is 24.2. The normalized spacial score (nSPS) is 19.9. The van der Waals surface area contributed by atoms with E-state index in [-0.39, 0.29) is 31.5 Å². The van der Waals surface area contributed by atoms with E-state index < -0.39 is 30.1 Å². The molecule has 1 saturated heterocycles. The van der Waals surface area contributed by atoms with E-state index in [1.165, 1.54) is 12.0 Å². The third-order valence-corrected chi connectivity index (χ3v) is 6.71. The lowest BCUT2D eigenvalue weighted by atomic mass is 9.98. The zero-order valence-electron chi connectivity index (χ0n) is 19.4. The SMILES string of the molecule is CCC[C@H](NC(=O)OCC1c2ccccc2-c2ccccc21)C(=O)N1CC(OC)C(C(=O)O)C1. The number of nitrogens with zero attached hydrogens (tertiary/aromatic N) is 1. The van der Waals surface area contributed by atoms with Crippen molar-refractivity contribution in [2.24, 2.45) is 5.92 Å². The van der Waals surface area contributed by atoms with Gasteiger partial charge in [0, 0.05) is 26.1 Å². The molecule has 0 aromatic heterocycles. The maximum atomic E-state index is 13.1. The summed E-state index contributed by atoms with van der Waals surface area (Å²) in [4.78, 5) is 38.7. The van der Waals surface area contributed by atoms with Crippen LogP contribution in [-0.4, -0.2) is 66.9 Å². The van der Waals surface area contributed by atoms with Gasteiger partial charge in [0.25, 0.3) is 0 Å². The molecular weight excluding hydrogens is 436 g/mol. The van der Waals surface area contributed by atoms with E-state index >= 15 is 0 Å². The number of likely N-dealkylation sites (tertiary alicyclic amines) is 1. The number of alkyl carbamates (subject to hydrolysis) is 1. The van der Waals surface area contributed by atoms with Crippen LogP contribution in [0.3, 0.4) is 0 Å². The van der Waals surface area contributed by atoms with Crippen molar-refractivity contribution >= 4 is 18.0 Å². The molecule has 0 radical (unpaired) electrons. The number of hydrogen-bond donors (Lipinski definition) is 2. The first-order valence-electron chi connectivity index (χ1n) is 11.6. The van der Waals surface area contributed by atoms with Crippen LogP contribution in [0.2, 0.25) is 0 Å². The number of nitrogens with one attached hydrogen (secondary N) is 1. The fourth-order valence-corrected chi connectivity index (χ4v) is 4.98. The summed E-state index contributed by atoms with van der Waals surface area (Å²) < 4.78 is 10.8. The van der Waals surface area contributed by atoms with Gasteiger partial charge in [-0.15, -0.1) is 0 Å². The molecule has 0 spiro atoms. The third-order valence-electron chi connectivity index (χ3n) is 6.71. The predicted molar refractivity (Wildman–Crippen MR) is 125 cm³/mol. The number of rotatable bonds is 8. The summed E-state index contributed by atoms with van der Waals surface area (Å²) in [5.41, 5.74) is 4.50. The second kappa shape index (κ2) is 10.3. The fraction of sp³-hybridized carbons (Fsp3) is 0.423. The van der Waals surface area contributed by atoms with Gasteiger partial charge in [-0.05, 0) is 28.7 Å². The summed E-state index contributed by atoms with van der Waals surface area (Å²) in [6, 6.07) is 15.4. The minimum atomic E-state index is -1.00. The van der Waals surface area contributed by atoms with Crippen LogP contribution < -0.4 is 5.32 Å². The molecule has 1 aliphatic carbocycles. The Bertz CT molecular complexity index is 1030. The molecule has 2 aromatic carbocycles. The number of carbonyl (C=O) groups is 3. The number of hydrogen-bond acceptors (Lipinski definition) is 5. The molecule has 2 unspecified atom stereocenters. The molecule has 2 aromatic rings. The van der Waals surface area contributed by atoms with Crippen molar-refractivity contribution in [3.05, 3.63) is 59.7 Å². The smallest absolute Gasteiger partial charge is 0.407 e. The first-order chi connectivity index (χ1) is 16.4. The minimum absolute atomic E-state index is 0.0548. The van der Waals surface area contributed by atoms with Crippen LogP contribution >= 0.6 is 0 Å². The lowest BCUT2D eigenvalue weighted by Gasteiger charge is -2.24. The molecule has 8 heteroatoms. The standard InChI is InChI=1S/C26H30N2O6/c1-3-8-22(24(29)28-13-20(25(30)31)23(14-28)33-2)27-26(32)34-15-21-18-11-6-4-9-16(18)17-10-5-7-12-19(17)21/h4-7,9-12,20-23H,3,8,13-15H2,1-2H3,(H,27,32)(H,30,31)/t20?,22-,23?/m0/s1. The number of fused-ring (bicyclic) bond motifs is 3. The number of carboxylic acids is 1. The van der Waals surface area contributed by atoms with Crippen LogP contribution in [0, 0.1) is 5.92 Å². The summed E-state index contributed by atoms with van der Waals surface area (Å²) in [5, 5.41) is 12.1. The number of carbonyl (C=O) groups excluding carboxylic acids is 2. The number of methoxy groups -OCH3 is 1. The lowest BCUT2D eigenvalue weighted by molar-refractivity contribution is -0.144. The topological polar surface area (TPSA) is 105 Å². The van der Waals surface area contributed by atoms with Gasteiger partial charge in [0.2, 0.25) is 5.91 Å². The molecule has 0 saturated carbocycles. The summed E-state index contributed by atoms with van der Waals surface area (Å²) >= 11 is 0. The minimum Gasteiger partial charge on any atom is -0.481 e. The average molecular weight is 467 g/mol. The largest absolute Gasteiger partial charge is 0.481 e. The highest BCUT2D eigenvalue weighted by molar-refractivity contribution is 5.87. The van der Waals surface area contributed by atoms with Crippen LogP contribution in [0.4, 0.5) is 4.79 Å². The molecule has 34 heavy (non-hydrogen) atoms. The third kappa shape index (κ3) is 4.63. The highest BCUT2D eigenvalue weighted by atomic mass is 16.5. The molecule has 2 N–H and O–H groups in total. The fourth-order valence-electron chi connectivity index (χ4n) is 4.98. The monoisotopic (exact) mass is 466 g/mol. The zero-order valence-corrected chi connectivity index (χ0v) is 19.4. The number of carboxylic acid groups (broad SMARTS) is 1. The van der Waals surface area contributed by atoms with Gasteiger partial charge in [0.15, 0.2) is 0 Å². The summed E-state index contributed by atoms with van der Waals surface area (Å²) in [5.74, 6) is -2.18. The van der Waals surface area contributed by atoms with E-state index in [2.05, 4.69) is 17.4 Å². The van der Waals surface area contributed by atoms with Gasteiger partial charge in [0.1, 0.15) is 18.6 Å². The van der Waals surface area contributed by atoms with E-state index in [1.54, 1.807) is 0 Å². The van der Waals surface area contributed by atoms with Crippen molar-refractivity contribution in [3.63, 3.8) is 0 Å². The number of amides is 2. The molecule has 1 fully saturated rings. The Morgan fingerprint density at radius 3 is 2.21 bits per heavy atom. The van der Waals surface area contributed by atoms with E-state index in [0.29, 0.717) is 12.8 Å². The van der Waals surface area contributed by atoms with Crippen LogP contribution in [-0.2, 0) is 19.1 Å². The quantitative estimate of drug-likeness (QED) is 0.619. The van der Waals surface area contributed by atoms with E-state index in [1.807, 2.05) is 43.3 Å². The maximum Gasteiger partial charge on any atom is 0.407 e.